The zero-order valence-corrected chi connectivity index (χ0v) is 28.3. The number of rotatable bonds is 12. The number of sulfonamides is 2. The van der Waals surface area contributed by atoms with E-state index in [9.17, 15) is 26.4 Å². The molecule has 0 aliphatic heterocycles. The highest BCUT2D eigenvalue weighted by Crippen LogP contribution is 2.26. The summed E-state index contributed by atoms with van der Waals surface area (Å²) in [4.78, 5) is 32.2. The number of furan rings is 2. The Morgan fingerprint density at radius 3 is 1.36 bits per heavy atom. The van der Waals surface area contributed by atoms with E-state index < -0.39 is 31.9 Å². The summed E-state index contributed by atoms with van der Waals surface area (Å²) in [7, 11) is -7.61. The summed E-state index contributed by atoms with van der Waals surface area (Å²) in [6, 6.07) is 18.4. The first-order valence-electron chi connectivity index (χ1n) is 14.0. The molecule has 0 saturated carbocycles. The highest BCUT2D eigenvalue weighted by atomic mass is 32.2. The van der Waals surface area contributed by atoms with Crippen molar-refractivity contribution >= 4 is 77.2 Å². The molecule has 4 aromatic heterocycles. The van der Waals surface area contributed by atoms with Gasteiger partial charge in [-0.3, -0.25) is 19.0 Å². The molecule has 2 amide bonds. The summed E-state index contributed by atoms with van der Waals surface area (Å²) in [6.07, 6.45) is 5.34. The number of aromatic nitrogens is 2. The maximum Gasteiger partial charge on any atom is 0.331 e. The number of nitrogens with zero attached hydrogens (tertiary/aromatic N) is 4. The summed E-state index contributed by atoms with van der Waals surface area (Å²) in [5.41, 5.74) is 5.29. The van der Waals surface area contributed by atoms with Crippen LogP contribution in [0.25, 0.3) is 22.6 Å². The first-order valence-corrected chi connectivity index (χ1v) is 18.7. The summed E-state index contributed by atoms with van der Waals surface area (Å²) in [5, 5.41) is 11.2. The molecule has 254 valence electrons. The second-order valence-electron chi connectivity index (χ2n) is 9.74. The molecule has 0 bridgehead atoms. The van der Waals surface area contributed by atoms with Gasteiger partial charge in [-0.2, -0.15) is 10.2 Å². The van der Waals surface area contributed by atoms with Crippen LogP contribution < -0.4 is 20.3 Å². The molecule has 0 fully saturated rings. The Labute approximate surface area is 291 Å². The van der Waals surface area contributed by atoms with E-state index in [2.05, 4.69) is 40.5 Å². The van der Waals surface area contributed by atoms with Gasteiger partial charge in [-0.25, -0.2) is 37.7 Å². The molecule has 0 unspecified atom stereocenters. The third-order valence-corrected chi connectivity index (χ3v) is 10.7. The van der Waals surface area contributed by atoms with Crippen LogP contribution in [0.1, 0.15) is 11.5 Å². The second kappa shape index (κ2) is 14.7. The third-order valence-electron chi connectivity index (χ3n) is 6.38. The number of hydrazone groups is 2. The molecule has 50 heavy (non-hydrogen) atoms. The van der Waals surface area contributed by atoms with Crippen molar-refractivity contribution in [2.24, 2.45) is 10.2 Å². The molecule has 0 atom stereocenters. The van der Waals surface area contributed by atoms with Crippen LogP contribution in [0.4, 0.5) is 10.3 Å². The van der Waals surface area contributed by atoms with Crippen molar-refractivity contribution in [2.75, 3.05) is 9.44 Å². The van der Waals surface area contributed by atoms with Gasteiger partial charge in [0.05, 0.1) is 22.2 Å². The van der Waals surface area contributed by atoms with Crippen LogP contribution in [0.5, 0.6) is 0 Å². The van der Waals surface area contributed by atoms with Crippen LogP contribution in [-0.2, 0) is 29.6 Å². The van der Waals surface area contributed by atoms with Crippen molar-refractivity contribution in [3.63, 3.8) is 0 Å². The number of hydrogen-bond donors (Lipinski definition) is 4. The Hall–Kier alpha value is -5.96. The Kier molecular flexibility index (Phi) is 9.94. The molecule has 4 N–H and O–H groups in total. The minimum Gasteiger partial charge on any atom is -0.455 e. The van der Waals surface area contributed by atoms with Gasteiger partial charge in [-0.15, -0.1) is 22.7 Å². The predicted octanol–water partition coefficient (Wildman–Crippen LogP) is 4.32. The Morgan fingerprint density at radius 1 is 0.600 bits per heavy atom. The zero-order chi connectivity index (χ0) is 35.1. The van der Waals surface area contributed by atoms with Gasteiger partial charge >= 0.3 is 11.8 Å². The van der Waals surface area contributed by atoms with Gasteiger partial charge in [-0.1, -0.05) is 0 Å². The fourth-order valence-corrected chi connectivity index (χ4v) is 7.63. The maximum atomic E-state index is 12.5. The first-order chi connectivity index (χ1) is 24.1. The molecule has 6 aromatic rings. The molecule has 0 aliphatic carbocycles. The topological polar surface area (TPSA) is 227 Å². The molecule has 0 spiro atoms. The lowest BCUT2D eigenvalue weighted by Gasteiger charge is -2.05. The molecule has 20 heteroatoms. The zero-order valence-electron chi connectivity index (χ0n) is 25.1. The highest BCUT2D eigenvalue weighted by molar-refractivity contribution is 7.93. The van der Waals surface area contributed by atoms with Crippen molar-refractivity contribution in [2.45, 2.75) is 9.79 Å². The number of nitrogens with one attached hydrogen (secondary N) is 4. The number of thiazole rings is 2. The van der Waals surface area contributed by atoms with Crippen LogP contribution in [-0.4, -0.2) is 51.0 Å². The van der Waals surface area contributed by atoms with E-state index in [0.29, 0.717) is 22.6 Å². The van der Waals surface area contributed by atoms with E-state index >= 15 is 0 Å². The van der Waals surface area contributed by atoms with E-state index in [-0.39, 0.29) is 31.6 Å². The molecule has 0 saturated heterocycles. The number of benzene rings is 2. The average molecular weight is 751 g/mol. The molecule has 4 heterocycles. The molecule has 16 nitrogen and oxygen atoms in total. The number of amides is 2. The van der Waals surface area contributed by atoms with Gasteiger partial charge in [0.25, 0.3) is 20.0 Å². The lowest BCUT2D eigenvalue weighted by Crippen LogP contribution is -2.35. The maximum absolute atomic E-state index is 12.5. The van der Waals surface area contributed by atoms with E-state index in [4.69, 9.17) is 8.83 Å². The fraction of sp³-hybridized carbons (Fsp3) is 0. The Bertz CT molecular complexity index is 2210. The van der Waals surface area contributed by atoms with Gasteiger partial charge < -0.3 is 8.83 Å². The minimum atomic E-state index is -3.80. The summed E-state index contributed by atoms with van der Waals surface area (Å²) in [6.45, 7) is 0. The van der Waals surface area contributed by atoms with Crippen LogP contribution >= 0.6 is 22.7 Å². The van der Waals surface area contributed by atoms with E-state index in [1.807, 2.05) is 0 Å². The van der Waals surface area contributed by atoms with E-state index in [0.717, 1.165) is 22.7 Å². The van der Waals surface area contributed by atoms with Crippen LogP contribution in [0, 0.1) is 0 Å². The lowest BCUT2D eigenvalue weighted by atomic mass is 10.2. The SMILES string of the molecule is O=C(NN=Cc1ccc(-c2ccc(S(=O)(=O)Nc3nccs3)cc2)o1)C(=O)N/N=C\c1ccc(-c2ccc(S(=O)(=O)Nc3nccs3)cc2)o1. The number of carbonyl (C=O) groups is 2. The van der Waals surface area contributed by atoms with Crippen molar-refractivity contribution < 1.29 is 35.3 Å². The van der Waals surface area contributed by atoms with E-state index in [1.54, 1.807) is 59.3 Å². The standard InChI is InChI=1S/C30H22N8O8S4/c39-27(35-33-17-21-5-11-25(45-21)19-1-7-23(8-2-19)49(41,42)37-29-31-13-15-47-29)28(40)36-34-18-22-6-12-26(46-22)20-3-9-24(10-4-20)50(43,44)38-30-32-14-16-48-30/h1-18H,(H,31,37)(H,32,38)(H,35,39)(H,36,40)/b33-17-,34-18?. The first kappa shape index (κ1) is 33.9. The normalized spacial score (nSPS) is 11.9. The average Bonchev–Trinajstić information content (AvgIpc) is 3.94. The number of carbonyl (C=O) groups excluding carboxylic acids is 2. The van der Waals surface area contributed by atoms with Crippen molar-refractivity contribution in [1.29, 1.82) is 0 Å². The predicted molar refractivity (Wildman–Crippen MR) is 186 cm³/mol. The quantitative estimate of drug-likeness (QED) is 0.0787. The molecule has 6 rings (SSSR count). The van der Waals surface area contributed by atoms with Crippen molar-refractivity contribution in [1.82, 2.24) is 20.8 Å². The molecular formula is C30H22N8O8S4. The lowest BCUT2D eigenvalue weighted by molar-refractivity contribution is -0.139. The summed E-state index contributed by atoms with van der Waals surface area (Å²) >= 11 is 2.32. The van der Waals surface area contributed by atoms with Gasteiger partial charge in [0.15, 0.2) is 10.3 Å². The summed E-state index contributed by atoms with van der Waals surface area (Å²) in [5.74, 6) is -0.892. The second-order valence-corrected chi connectivity index (χ2v) is 14.9. The summed E-state index contributed by atoms with van der Waals surface area (Å²) < 4.78 is 66.3. The highest BCUT2D eigenvalue weighted by Gasteiger charge is 2.18. The van der Waals surface area contributed by atoms with Crippen LogP contribution in [0.3, 0.4) is 0 Å². The number of anilines is 2. The van der Waals surface area contributed by atoms with Gasteiger partial charge in [0, 0.05) is 34.3 Å². The monoisotopic (exact) mass is 750 g/mol. The van der Waals surface area contributed by atoms with Gasteiger partial charge in [0.2, 0.25) is 0 Å². The van der Waals surface area contributed by atoms with Crippen LogP contribution in [0.2, 0.25) is 0 Å². The smallest absolute Gasteiger partial charge is 0.331 e. The minimum absolute atomic E-state index is 0.0449. The van der Waals surface area contributed by atoms with Gasteiger partial charge in [0.1, 0.15) is 23.0 Å². The van der Waals surface area contributed by atoms with Crippen LogP contribution in [0.15, 0.2) is 125 Å². The Morgan fingerprint density at radius 2 is 1.00 bits per heavy atom. The van der Waals surface area contributed by atoms with Crippen molar-refractivity contribution in [3.8, 4) is 22.6 Å². The van der Waals surface area contributed by atoms with Gasteiger partial charge in [-0.05, 0) is 72.8 Å². The fourth-order valence-electron chi connectivity index (χ4n) is 4.06. The molecule has 0 aliphatic rings. The number of hydrogen-bond acceptors (Lipinski definition) is 14. The Balaban J connectivity index is 0.970. The third kappa shape index (κ3) is 8.36. The largest absolute Gasteiger partial charge is 0.455 e. The van der Waals surface area contributed by atoms with E-state index in [1.165, 1.54) is 49.1 Å². The molecule has 2 aromatic carbocycles. The van der Waals surface area contributed by atoms with Crippen molar-refractivity contribution in [3.05, 3.63) is 107 Å². The molecule has 0 radical (unpaired) electrons. The molecular weight excluding hydrogens is 729 g/mol.